The highest BCUT2D eigenvalue weighted by Crippen LogP contribution is 2.67. The van der Waals surface area contributed by atoms with E-state index in [-0.39, 0.29) is 5.91 Å². The van der Waals surface area contributed by atoms with Crippen molar-refractivity contribution in [1.82, 2.24) is 5.32 Å². The zero-order valence-electron chi connectivity index (χ0n) is 12.5. The van der Waals surface area contributed by atoms with E-state index >= 15 is 0 Å². The molecule has 0 saturated heterocycles. The first-order valence-electron chi connectivity index (χ1n) is 6.82. The predicted molar refractivity (Wildman–Crippen MR) is 79.0 cm³/mol. The smallest absolute Gasteiger partial charge is 0.251 e. The van der Waals surface area contributed by atoms with Gasteiger partial charge >= 0.3 is 0 Å². The van der Waals surface area contributed by atoms with Crippen LogP contribution in [0, 0.1) is 23.7 Å². The molecule has 3 heteroatoms. The molecule has 0 bridgehead atoms. The van der Waals surface area contributed by atoms with Crippen LogP contribution < -0.4 is 11.1 Å². The topological polar surface area (TPSA) is 55.1 Å². The molecule has 104 valence electrons. The molecule has 1 saturated carbocycles. The van der Waals surface area contributed by atoms with Crippen LogP contribution in [0.4, 0.5) is 5.69 Å². The Kier molecular flexibility index (Phi) is 3.12. The minimum absolute atomic E-state index is 0.0369. The summed E-state index contributed by atoms with van der Waals surface area (Å²) in [6, 6.07) is 5.45. The first-order chi connectivity index (χ1) is 8.68. The number of hydrogen-bond acceptors (Lipinski definition) is 2. The zero-order valence-corrected chi connectivity index (χ0v) is 12.5. The second kappa shape index (κ2) is 4.26. The molecular weight excluding hydrogens is 236 g/mol. The number of aryl methyl sites for hydroxylation is 1. The first-order valence-corrected chi connectivity index (χ1v) is 6.82. The number of carbonyl (C=O) groups excluding carboxylic acids is 1. The third-order valence-electron chi connectivity index (χ3n) is 5.33. The molecule has 1 fully saturated rings. The predicted octanol–water partition coefficient (Wildman–Crippen LogP) is 2.99. The van der Waals surface area contributed by atoms with Crippen LogP contribution in [-0.4, -0.2) is 12.5 Å². The molecule has 1 amide bonds. The van der Waals surface area contributed by atoms with Crippen LogP contribution in [0.25, 0.3) is 0 Å². The van der Waals surface area contributed by atoms with E-state index in [1.807, 2.05) is 19.1 Å². The van der Waals surface area contributed by atoms with Crippen molar-refractivity contribution in [2.24, 2.45) is 16.7 Å². The second-order valence-corrected chi connectivity index (χ2v) is 6.78. The lowest BCUT2D eigenvalue weighted by atomic mass is 10.0. The van der Waals surface area contributed by atoms with Crippen LogP contribution >= 0.6 is 0 Å². The van der Waals surface area contributed by atoms with Crippen LogP contribution in [0.5, 0.6) is 0 Å². The molecular formula is C16H24N2O. The number of amides is 1. The van der Waals surface area contributed by atoms with E-state index in [0.29, 0.717) is 28.0 Å². The van der Waals surface area contributed by atoms with Gasteiger partial charge in [0.1, 0.15) is 0 Å². The summed E-state index contributed by atoms with van der Waals surface area (Å²) in [4.78, 5) is 12.1. The molecule has 19 heavy (non-hydrogen) atoms. The molecule has 0 atom stereocenters. The van der Waals surface area contributed by atoms with Crippen molar-refractivity contribution >= 4 is 11.6 Å². The number of anilines is 1. The average Bonchev–Trinajstić information content (AvgIpc) is 2.70. The van der Waals surface area contributed by atoms with Crippen molar-refractivity contribution in [2.75, 3.05) is 12.3 Å². The lowest BCUT2D eigenvalue weighted by Gasteiger charge is -2.08. The molecule has 0 radical (unpaired) electrons. The number of hydrogen-bond donors (Lipinski definition) is 2. The molecule has 1 aromatic rings. The molecule has 0 heterocycles. The maximum atomic E-state index is 12.1. The SMILES string of the molecule is Cc1ccc(C(=O)NCC2C(C)(C)C2(C)C)cc1N. The summed E-state index contributed by atoms with van der Waals surface area (Å²) >= 11 is 0. The van der Waals surface area contributed by atoms with Crippen molar-refractivity contribution in [1.29, 1.82) is 0 Å². The molecule has 1 aliphatic carbocycles. The van der Waals surface area contributed by atoms with Crippen LogP contribution in [0.1, 0.15) is 43.6 Å². The van der Waals surface area contributed by atoms with Gasteiger partial charge in [0.25, 0.3) is 5.91 Å². The van der Waals surface area contributed by atoms with E-state index in [1.165, 1.54) is 0 Å². The Morgan fingerprint density at radius 3 is 2.32 bits per heavy atom. The standard InChI is InChI=1S/C16H24N2O/c1-10-6-7-11(8-12(10)17)14(19)18-9-13-15(2,3)16(13,4)5/h6-8,13H,9,17H2,1-5H3,(H,18,19). The summed E-state index contributed by atoms with van der Waals surface area (Å²) in [6.45, 7) is 11.7. The van der Waals surface area contributed by atoms with E-state index in [2.05, 4.69) is 33.0 Å². The fourth-order valence-electron chi connectivity index (χ4n) is 2.92. The Labute approximate surface area is 115 Å². The van der Waals surface area contributed by atoms with E-state index < -0.39 is 0 Å². The molecule has 1 aliphatic rings. The van der Waals surface area contributed by atoms with Crippen LogP contribution in [0.15, 0.2) is 18.2 Å². The summed E-state index contributed by atoms with van der Waals surface area (Å²) in [7, 11) is 0. The first kappa shape index (κ1) is 13.9. The lowest BCUT2D eigenvalue weighted by molar-refractivity contribution is 0.0950. The molecule has 2 rings (SSSR count). The third kappa shape index (κ3) is 2.22. The van der Waals surface area contributed by atoms with Crippen molar-refractivity contribution in [3.63, 3.8) is 0 Å². The highest BCUT2D eigenvalue weighted by Gasteiger charge is 2.64. The highest BCUT2D eigenvalue weighted by atomic mass is 16.1. The molecule has 0 unspecified atom stereocenters. The number of benzene rings is 1. The van der Waals surface area contributed by atoms with Gasteiger partial charge in [-0.25, -0.2) is 0 Å². The monoisotopic (exact) mass is 260 g/mol. The van der Waals surface area contributed by atoms with Crippen molar-refractivity contribution < 1.29 is 4.79 Å². The van der Waals surface area contributed by atoms with Crippen LogP contribution in [0.2, 0.25) is 0 Å². The van der Waals surface area contributed by atoms with E-state index in [4.69, 9.17) is 5.73 Å². The Hall–Kier alpha value is -1.51. The maximum absolute atomic E-state index is 12.1. The fourth-order valence-corrected chi connectivity index (χ4v) is 2.92. The van der Waals surface area contributed by atoms with Gasteiger partial charge in [-0.3, -0.25) is 4.79 Å². The largest absolute Gasteiger partial charge is 0.398 e. The Balaban J connectivity index is 1.98. The lowest BCUT2D eigenvalue weighted by Crippen LogP contribution is -2.27. The maximum Gasteiger partial charge on any atom is 0.251 e. The molecule has 0 aliphatic heterocycles. The number of nitrogens with two attached hydrogens (primary N) is 1. The van der Waals surface area contributed by atoms with Crippen molar-refractivity contribution in [3.8, 4) is 0 Å². The van der Waals surface area contributed by atoms with Crippen LogP contribution in [-0.2, 0) is 0 Å². The normalized spacial score (nSPS) is 20.1. The highest BCUT2D eigenvalue weighted by molar-refractivity contribution is 5.95. The van der Waals surface area contributed by atoms with Gasteiger partial charge in [-0.1, -0.05) is 33.8 Å². The summed E-state index contributed by atoms with van der Waals surface area (Å²) in [6.07, 6.45) is 0. The Bertz CT molecular complexity index is 503. The van der Waals surface area contributed by atoms with Gasteiger partial charge in [0, 0.05) is 17.8 Å². The second-order valence-electron chi connectivity index (χ2n) is 6.78. The molecule has 3 nitrogen and oxygen atoms in total. The van der Waals surface area contributed by atoms with Gasteiger partial charge in [0.2, 0.25) is 0 Å². The van der Waals surface area contributed by atoms with Crippen LogP contribution in [0.3, 0.4) is 0 Å². The van der Waals surface area contributed by atoms with Gasteiger partial charge in [-0.05, 0) is 41.4 Å². The molecule has 0 spiro atoms. The molecule has 3 N–H and O–H groups in total. The van der Waals surface area contributed by atoms with Crippen molar-refractivity contribution in [3.05, 3.63) is 29.3 Å². The van der Waals surface area contributed by atoms with Gasteiger partial charge in [-0.2, -0.15) is 0 Å². The van der Waals surface area contributed by atoms with E-state index in [1.54, 1.807) is 6.07 Å². The number of rotatable bonds is 3. The fraction of sp³-hybridized carbons (Fsp3) is 0.562. The van der Waals surface area contributed by atoms with E-state index in [9.17, 15) is 4.79 Å². The number of nitrogens with one attached hydrogen (secondary N) is 1. The molecule has 0 aromatic heterocycles. The third-order valence-corrected chi connectivity index (χ3v) is 5.33. The summed E-state index contributed by atoms with van der Waals surface area (Å²) in [5, 5.41) is 3.02. The average molecular weight is 260 g/mol. The van der Waals surface area contributed by atoms with Gasteiger partial charge in [0.15, 0.2) is 0 Å². The Morgan fingerprint density at radius 1 is 1.26 bits per heavy atom. The van der Waals surface area contributed by atoms with E-state index in [0.717, 1.165) is 12.1 Å². The zero-order chi connectivity index (χ0) is 14.4. The van der Waals surface area contributed by atoms with Gasteiger partial charge in [0.05, 0.1) is 0 Å². The van der Waals surface area contributed by atoms with Gasteiger partial charge in [-0.15, -0.1) is 0 Å². The summed E-state index contributed by atoms with van der Waals surface area (Å²) in [5.74, 6) is 0.497. The molecule has 1 aromatic carbocycles. The summed E-state index contributed by atoms with van der Waals surface area (Å²) in [5.41, 5.74) is 8.73. The minimum atomic E-state index is -0.0369. The van der Waals surface area contributed by atoms with Crippen molar-refractivity contribution in [2.45, 2.75) is 34.6 Å². The summed E-state index contributed by atoms with van der Waals surface area (Å²) < 4.78 is 0. The minimum Gasteiger partial charge on any atom is -0.398 e. The van der Waals surface area contributed by atoms with Gasteiger partial charge < -0.3 is 11.1 Å². The Morgan fingerprint density at radius 2 is 1.84 bits per heavy atom. The number of nitrogen functional groups attached to an aromatic ring is 1. The quantitative estimate of drug-likeness (QED) is 0.821. The number of carbonyl (C=O) groups is 1.